The highest BCUT2D eigenvalue weighted by atomic mass is 16.5. The second-order valence-corrected chi connectivity index (χ2v) is 3.65. The van der Waals surface area contributed by atoms with Crippen LogP contribution in [0.15, 0.2) is 24.3 Å². The second kappa shape index (κ2) is 4.87. The molecule has 2 N–H and O–H groups in total. The lowest BCUT2D eigenvalue weighted by Crippen LogP contribution is -2.01. The van der Waals surface area contributed by atoms with Crippen molar-refractivity contribution in [3.63, 3.8) is 0 Å². The Morgan fingerprint density at radius 3 is 2.38 bits per heavy atom. The third kappa shape index (κ3) is 3.95. The first kappa shape index (κ1) is 10.1. The predicted octanol–water partition coefficient (Wildman–Crippen LogP) is 2.44. The number of benzene rings is 1. The average molecular weight is 179 g/mol. The summed E-state index contributed by atoms with van der Waals surface area (Å²) >= 11 is 0. The van der Waals surface area contributed by atoms with E-state index in [1.54, 1.807) is 0 Å². The number of nitrogen functional groups attached to an aromatic ring is 1. The summed E-state index contributed by atoms with van der Waals surface area (Å²) in [5, 5.41) is 0. The summed E-state index contributed by atoms with van der Waals surface area (Å²) in [7, 11) is 0. The number of hydrogen-bond acceptors (Lipinski definition) is 2. The minimum absolute atomic E-state index is 0.591. The topological polar surface area (TPSA) is 35.2 Å². The number of anilines is 1. The maximum Gasteiger partial charge on any atom is 0.0717 e. The molecule has 1 aromatic rings. The number of hydrogen-bond donors (Lipinski definition) is 1. The maximum atomic E-state index is 5.56. The number of ether oxygens (including phenoxy) is 1. The Morgan fingerprint density at radius 2 is 1.85 bits per heavy atom. The molecule has 13 heavy (non-hydrogen) atoms. The second-order valence-electron chi connectivity index (χ2n) is 3.65. The molecule has 0 aliphatic carbocycles. The first-order chi connectivity index (χ1) is 6.18. The van der Waals surface area contributed by atoms with Crippen molar-refractivity contribution in [1.82, 2.24) is 0 Å². The quantitative estimate of drug-likeness (QED) is 0.720. The van der Waals surface area contributed by atoms with Gasteiger partial charge in [0.05, 0.1) is 6.61 Å². The summed E-state index contributed by atoms with van der Waals surface area (Å²) in [6, 6.07) is 7.79. The molecular formula is C11H17NO. The molecule has 1 aromatic carbocycles. The van der Waals surface area contributed by atoms with E-state index in [9.17, 15) is 0 Å². The zero-order valence-corrected chi connectivity index (χ0v) is 8.29. The molecule has 72 valence electrons. The molecular weight excluding hydrogens is 162 g/mol. The van der Waals surface area contributed by atoms with Crippen molar-refractivity contribution >= 4 is 5.69 Å². The van der Waals surface area contributed by atoms with Gasteiger partial charge in [-0.25, -0.2) is 0 Å². The van der Waals surface area contributed by atoms with E-state index in [0.29, 0.717) is 12.5 Å². The van der Waals surface area contributed by atoms with E-state index in [4.69, 9.17) is 10.5 Å². The summed E-state index contributed by atoms with van der Waals surface area (Å²) in [5.41, 5.74) is 7.54. The Hall–Kier alpha value is -1.02. The maximum absolute atomic E-state index is 5.56. The summed E-state index contributed by atoms with van der Waals surface area (Å²) in [5.74, 6) is 0.591. The zero-order chi connectivity index (χ0) is 9.68. The molecule has 0 saturated carbocycles. The summed E-state index contributed by atoms with van der Waals surface area (Å²) in [6.07, 6.45) is 0. The summed E-state index contributed by atoms with van der Waals surface area (Å²) < 4.78 is 5.48. The standard InChI is InChI=1S/C11H17NO/c1-9(2)7-13-8-10-3-5-11(12)6-4-10/h3-6,9H,7-8,12H2,1-2H3. The van der Waals surface area contributed by atoms with Crippen LogP contribution in [0.2, 0.25) is 0 Å². The van der Waals surface area contributed by atoms with E-state index in [1.807, 2.05) is 24.3 Å². The highest BCUT2D eigenvalue weighted by Gasteiger charge is 1.95. The van der Waals surface area contributed by atoms with Gasteiger partial charge in [-0.15, -0.1) is 0 Å². The molecule has 0 bridgehead atoms. The molecule has 0 amide bonds. The molecule has 0 spiro atoms. The molecule has 0 aliphatic heterocycles. The van der Waals surface area contributed by atoms with E-state index in [0.717, 1.165) is 12.3 Å². The van der Waals surface area contributed by atoms with Gasteiger partial charge in [0.2, 0.25) is 0 Å². The van der Waals surface area contributed by atoms with Gasteiger partial charge in [0.25, 0.3) is 0 Å². The van der Waals surface area contributed by atoms with Gasteiger partial charge in [-0.1, -0.05) is 26.0 Å². The molecule has 0 saturated heterocycles. The third-order valence-corrected chi connectivity index (χ3v) is 1.70. The molecule has 0 aliphatic rings. The van der Waals surface area contributed by atoms with Crippen LogP contribution in [-0.4, -0.2) is 6.61 Å². The van der Waals surface area contributed by atoms with Crippen molar-refractivity contribution in [1.29, 1.82) is 0 Å². The van der Waals surface area contributed by atoms with E-state index in [2.05, 4.69) is 13.8 Å². The van der Waals surface area contributed by atoms with Crippen LogP contribution in [0.5, 0.6) is 0 Å². The highest BCUT2D eigenvalue weighted by molar-refractivity contribution is 5.39. The minimum atomic E-state index is 0.591. The normalized spacial score (nSPS) is 10.7. The lowest BCUT2D eigenvalue weighted by molar-refractivity contribution is 0.0971. The van der Waals surface area contributed by atoms with Crippen molar-refractivity contribution < 1.29 is 4.74 Å². The molecule has 0 fully saturated rings. The lowest BCUT2D eigenvalue weighted by atomic mass is 10.2. The highest BCUT2D eigenvalue weighted by Crippen LogP contribution is 2.07. The van der Waals surface area contributed by atoms with E-state index >= 15 is 0 Å². The van der Waals surface area contributed by atoms with E-state index < -0.39 is 0 Å². The van der Waals surface area contributed by atoms with E-state index in [-0.39, 0.29) is 0 Å². The van der Waals surface area contributed by atoms with Gasteiger partial charge in [-0.2, -0.15) is 0 Å². The lowest BCUT2D eigenvalue weighted by Gasteiger charge is -2.06. The van der Waals surface area contributed by atoms with Crippen molar-refractivity contribution in [2.45, 2.75) is 20.5 Å². The molecule has 0 radical (unpaired) electrons. The Morgan fingerprint density at radius 1 is 1.23 bits per heavy atom. The van der Waals surface area contributed by atoms with Gasteiger partial charge in [0.1, 0.15) is 0 Å². The fourth-order valence-electron chi connectivity index (χ4n) is 1.03. The van der Waals surface area contributed by atoms with Crippen molar-refractivity contribution in [3.8, 4) is 0 Å². The van der Waals surface area contributed by atoms with Crippen molar-refractivity contribution in [2.75, 3.05) is 12.3 Å². The van der Waals surface area contributed by atoms with Gasteiger partial charge < -0.3 is 10.5 Å². The van der Waals surface area contributed by atoms with Gasteiger partial charge >= 0.3 is 0 Å². The Balaban J connectivity index is 2.33. The SMILES string of the molecule is CC(C)COCc1ccc(N)cc1. The summed E-state index contributed by atoms with van der Waals surface area (Å²) in [6.45, 7) is 5.77. The first-order valence-electron chi connectivity index (χ1n) is 4.60. The monoisotopic (exact) mass is 179 g/mol. The van der Waals surface area contributed by atoms with Gasteiger partial charge in [0, 0.05) is 12.3 Å². The van der Waals surface area contributed by atoms with Crippen LogP contribution in [0.3, 0.4) is 0 Å². The van der Waals surface area contributed by atoms with Crippen LogP contribution in [0.1, 0.15) is 19.4 Å². The first-order valence-corrected chi connectivity index (χ1v) is 4.60. The van der Waals surface area contributed by atoms with Crippen molar-refractivity contribution in [2.24, 2.45) is 5.92 Å². The van der Waals surface area contributed by atoms with Gasteiger partial charge in [0.15, 0.2) is 0 Å². The van der Waals surface area contributed by atoms with Crippen LogP contribution in [-0.2, 0) is 11.3 Å². The van der Waals surface area contributed by atoms with Gasteiger partial charge in [-0.3, -0.25) is 0 Å². The fourth-order valence-corrected chi connectivity index (χ4v) is 1.03. The number of rotatable bonds is 4. The van der Waals surface area contributed by atoms with Crippen molar-refractivity contribution in [3.05, 3.63) is 29.8 Å². The van der Waals surface area contributed by atoms with Crippen LogP contribution in [0.25, 0.3) is 0 Å². The van der Waals surface area contributed by atoms with E-state index in [1.165, 1.54) is 5.56 Å². The minimum Gasteiger partial charge on any atom is -0.399 e. The number of nitrogens with two attached hydrogens (primary N) is 1. The average Bonchev–Trinajstić information content (AvgIpc) is 2.08. The fraction of sp³-hybridized carbons (Fsp3) is 0.455. The third-order valence-electron chi connectivity index (χ3n) is 1.70. The Bertz CT molecular complexity index is 241. The van der Waals surface area contributed by atoms with Gasteiger partial charge in [-0.05, 0) is 23.6 Å². The predicted molar refractivity (Wildman–Crippen MR) is 55.3 cm³/mol. The molecule has 2 nitrogen and oxygen atoms in total. The largest absolute Gasteiger partial charge is 0.399 e. The Labute approximate surface area is 79.7 Å². The molecule has 0 aromatic heterocycles. The molecule has 2 heteroatoms. The summed E-state index contributed by atoms with van der Waals surface area (Å²) in [4.78, 5) is 0. The Kier molecular flexibility index (Phi) is 3.77. The molecule has 0 heterocycles. The van der Waals surface area contributed by atoms with Crippen LogP contribution in [0.4, 0.5) is 5.69 Å². The smallest absolute Gasteiger partial charge is 0.0717 e. The molecule has 0 unspecified atom stereocenters. The van der Waals surface area contributed by atoms with Crippen LogP contribution >= 0.6 is 0 Å². The van der Waals surface area contributed by atoms with Crippen LogP contribution in [0, 0.1) is 5.92 Å². The molecule has 1 rings (SSSR count). The zero-order valence-electron chi connectivity index (χ0n) is 8.29. The van der Waals surface area contributed by atoms with Crippen LogP contribution < -0.4 is 5.73 Å². The molecule has 0 atom stereocenters.